The van der Waals surface area contributed by atoms with E-state index in [9.17, 15) is 4.79 Å². The Morgan fingerprint density at radius 3 is 2.50 bits per heavy atom. The first kappa shape index (κ1) is 20.4. The van der Waals surface area contributed by atoms with Crippen molar-refractivity contribution < 1.29 is 9.53 Å². The number of carbonyl (C=O) groups excluding carboxylic acids is 1. The molecule has 1 aliphatic rings. The van der Waals surface area contributed by atoms with Crippen LogP contribution < -0.4 is 10.1 Å². The number of benzene rings is 2. The van der Waals surface area contributed by atoms with E-state index in [0.29, 0.717) is 0 Å². The summed E-state index contributed by atoms with van der Waals surface area (Å²) in [6.07, 6.45) is 2.73. The van der Waals surface area contributed by atoms with Crippen LogP contribution in [0.25, 0.3) is 0 Å². The van der Waals surface area contributed by atoms with Gasteiger partial charge in [0.1, 0.15) is 5.75 Å². The summed E-state index contributed by atoms with van der Waals surface area (Å²) in [7, 11) is 1.69. The number of aryl methyl sites for hydroxylation is 1. The Morgan fingerprint density at radius 2 is 1.89 bits per heavy atom. The molecular weight excluding hydrogens is 348 g/mol. The van der Waals surface area contributed by atoms with Crippen LogP contribution in [-0.2, 0) is 11.3 Å². The van der Waals surface area contributed by atoms with Gasteiger partial charge in [-0.05, 0) is 62.0 Å². The molecule has 0 saturated carbocycles. The molecule has 4 nitrogen and oxygen atoms in total. The topological polar surface area (TPSA) is 41.6 Å². The minimum absolute atomic E-state index is 0.0551. The van der Waals surface area contributed by atoms with Crippen LogP contribution in [0.15, 0.2) is 48.5 Å². The van der Waals surface area contributed by atoms with Crippen LogP contribution in [0.3, 0.4) is 0 Å². The number of nitrogens with zero attached hydrogens (tertiary/aromatic N) is 1. The quantitative estimate of drug-likeness (QED) is 0.770. The number of hydrogen-bond donors (Lipinski definition) is 1. The lowest BCUT2D eigenvalue weighted by atomic mass is 9.94. The van der Waals surface area contributed by atoms with E-state index in [1.54, 1.807) is 7.11 Å². The fraction of sp³-hybridized carbons (Fsp3) is 0.458. The van der Waals surface area contributed by atoms with E-state index >= 15 is 0 Å². The number of ether oxygens (including phenoxy) is 1. The lowest BCUT2D eigenvalue weighted by molar-refractivity contribution is -0.127. The van der Waals surface area contributed by atoms with Gasteiger partial charge in [-0.1, -0.05) is 49.4 Å². The molecular formula is C24H32N2O2. The maximum absolute atomic E-state index is 12.9. The van der Waals surface area contributed by atoms with Crippen molar-refractivity contribution in [2.45, 2.75) is 45.7 Å². The molecule has 1 fully saturated rings. The van der Waals surface area contributed by atoms with Crippen molar-refractivity contribution in [2.75, 3.05) is 20.2 Å². The second-order valence-corrected chi connectivity index (χ2v) is 7.73. The third kappa shape index (κ3) is 5.14. The second-order valence-electron chi connectivity index (χ2n) is 7.73. The third-order valence-electron chi connectivity index (χ3n) is 5.75. The number of piperidine rings is 1. The van der Waals surface area contributed by atoms with Crippen molar-refractivity contribution in [2.24, 2.45) is 5.92 Å². The SMILES string of the molecule is CC[C@H](NC(=O)C1CCN(Cc2ccccc2)CC1)c1ccc(OC)c(C)c1. The van der Waals surface area contributed by atoms with E-state index in [2.05, 4.69) is 59.6 Å². The van der Waals surface area contributed by atoms with Crippen molar-refractivity contribution in [3.8, 4) is 5.75 Å². The molecule has 0 aromatic heterocycles. The predicted molar refractivity (Wildman–Crippen MR) is 113 cm³/mol. The molecule has 3 rings (SSSR count). The molecule has 1 amide bonds. The van der Waals surface area contributed by atoms with E-state index in [1.807, 2.05) is 13.0 Å². The zero-order chi connectivity index (χ0) is 19.9. The molecule has 1 heterocycles. The molecule has 2 aromatic carbocycles. The standard InChI is InChI=1S/C24H32N2O2/c1-4-22(21-10-11-23(28-3)18(2)16-21)25-24(27)20-12-14-26(15-13-20)17-19-8-6-5-7-9-19/h5-11,16,20,22H,4,12-15,17H2,1-3H3,(H,25,27)/t22-/m0/s1. The normalized spacial score (nSPS) is 16.5. The van der Waals surface area contributed by atoms with Gasteiger partial charge in [0.25, 0.3) is 0 Å². The average molecular weight is 381 g/mol. The first-order valence-electron chi connectivity index (χ1n) is 10.3. The molecule has 1 N–H and O–H groups in total. The van der Waals surface area contributed by atoms with Gasteiger partial charge in [-0.15, -0.1) is 0 Å². The van der Waals surface area contributed by atoms with Gasteiger partial charge >= 0.3 is 0 Å². The zero-order valence-electron chi connectivity index (χ0n) is 17.3. The highest BCUT2D eigenvalue weighted by molar-refractivity contribution is 5.79. The average Bonchev–Trinajstić information content (AvgIpc) is 2.73. The Hall–Kier alpha value is -2.33. The van der Waals surface area contributed by atoms with E-state index in [-0.39, 0.29) is 17.9 Å². The van der Waals surface area contributed by atoms with E-state index < -0.39 is 0 Å². The Balaban J connectivity index is 1.53. The number of likely N-dealkylation sites (tertiary alicyclic amines) is 1. The van der Waals surface area contributed by atoms with E-state index in [1.165, 1.54) is 5.56 Å². The van der Waals surface area contributed by atoms with Gasteiger partial charge in [0.15, 0.2) is 0 Å². The summed E-state index contributed by atoms with van der Waals surface area (Å²) >= 11 is 0. The van der Waals surface area contributed by atoms with E-state index in [4.69, 9.17) is 4.74 Å². The fourth-order valence-electron chi connectivity index (χ4n) is 4.02. The monoisotopic (exact) mass is 380 g/mol. The molecule has 150 valence electrons. The van der Waals surface area contributed by atoms with Crippen LogP contribution in [0.4, 0.5) is 0 Å². The molecule has 2 aromatic rings. The summed E-state index contributed by atoms with van der Waals surface area (Å²) in [5.41, 5.74) is 3.59. The third-order valence-corrected chi connectivity index (χ3v) is 5.75. The van der Waals surface area contributed by atoms with Crippen molar-refractivity contribution in [1.82, 2.24) is 10.2 Å². The molecule has 0 radical (unpaired) electrons. The molecule has 0 spiro atoms. The minimum atomic E-state index is 0.0551. The Kier molecular flexibility index (Phi) is 7.10. The Labute approximate surface area is 168 Å². The molecule has 0 bridgehead atoms. The number of rotatable bonds is 7. The Morgan fingerprint density at radius 1 is 1.18 bits per heavy atom. The molecule has 0 aliphatic carbocycles. The lowest BCUT2D eigenvalue weighted by Crippen LogP contribution is -2.41. The highest BCUT2D eigenvalue weighted by Gasteiger charge is 2.26. The highest BCUT2D eigenvalue weighted by Crippen LogP contribution is 2.26. The van der Waals surface area contributed by atoms with Gasteiger partial charge in [0.2, 0.25) is 5.91 Å². The molecule has 0 unspecified atom stereocenters. The van der Waals surface area contributed by atoms with Crippen molar-refractivity contribution >= 4 is 5.91 Å². The first-order chi connectivity index (χ1) is 13.6. The predicted octanol–water partition coefficient (Wildman–Crippen LogP) is 4.48. The number of amides is 1. The summed E-state index contributed by atoms with van der Waals surface area (Å²) in [4.78, 5) is 15.3. The minimum Gasteiger partial charge on any atom is -0.496 e. The van der Waals surface area contributed by atoms with Crippen LogP contribution in [-0.4, -0.2) is 31.0 Å². The van der Waals surface area contributed by atoms with Crippen molar-refractivity contribution in [1.29, 1.82) is 0 Å². The van der Waals surface area contributed by atoms with Crippen LogP contribution in [0.5, 0.6) is 5.75 Å². The largest absolute Gasteiger partial charge is 0.496 e. The Bertz CT molecular complexity index is 767. The van der Waals surface area contributed by atoms with Crippen molar-refractivity contribution in [3.05, 3.63) is 65.2 Å². The second kappa shape index (κ2) is 9.74. The molecule has 1 aliphatic heterocycles. The van der Waals surface area contributed by atoms with Gasteiger partial charge in [0.05, 0.1) is 13.2 Å². The maximum atomic E-state index is 12.9. The van der Waals surface area contributed by atoms with Gasteiger partial charge in [-0.3, -0.25) is 9.69 Å². The van der Waals surface area contributed by atoms with Crippen LogP contribution in [0.2, 0.25) is 0 Å². The molecule has 28 heavy (non-hydrogen) atoms. The highest BCUT2D eigenvalue weighted by atomic mass is 16.5. The molecule has 1 saturated heterocycles. The summed E-state index contributed by atoms with van der Waals surface area (Å²) in [5, 5.41) is 3.28. The number of methoxy groups -OCH3 is 1. The number of hydrogen-bond acceptors (Lipinski definition) is 3. The van der Waals surface area contributed by atoms with Gasteiger partial charge in [-0.25, -0.2) is 0 Å². The first-order valence-corrected chi connectivity index (χ1v) is 10.3. The van der Waals surface area contributed by atoms with Crippen LogP contribution >= 0.6 is 0 Å². The lowest BCUT2D eigenvalue weighted by Gasteiger charge is -2.32. The van der Waals surface area contributed by atoms with Gasteiger partial charge in [0, 0.05) is 12.5 Å². The summed E-state index contributed by atoms with van der Waals surface area (Å²) < 4.78 is 5.35. The van der Waals surface area contributed by atoms with Crippen molar-refractivity contribution in [3.63, 3.8) is 0 Å². The summed E-state index contributed by atoms with van der Waals surface area (Å²) in [6, 6.07) is 16.8. The smallest absolute Gasteiger partial charge is 0.223 e. The van der Waals surface area contributed by atoms with Crippen LogP contribution in [0.1, 0.15) is 48.9 Å². The van der Waals surface area contributed by atoms with E-state index in [0.717, 1.165) is 55.8 Å². The zero-order valence-corrected chi connectivity index (χ0v) is 17.3. The molecule has 4 heteroatoms. The van der Waals surface area contributed by atoms with Crippen LogP contribution in [0, 0.1) is 12.8 Å². The number of carbonyl (C=O) groups is 1. The van der Waals surface area contributed by atoms with Gasteiger partial charge < -0.3 is 10.1 Å². The fourth-order valence-corrected chi connectivity index (χ4v) is 4.02. The molecule has 1 atom stereocenters. The summed E-state index contributed by atoms with van der Waals surface area (Å²) in [5.74, 6) is 1.19. The van der Waals surface area contributed by atoms with Gasteiger partial charge in [-0.2, -0.15) is 0 Å². The maximum Gasteiger partial charge on any atom is 0.223 e. The summed E-state index contributed by atoms with van der Waals surface area (Å²) in [6.45, 7) is 7.08. The number of nitrogens with one attached hydrogen (secondary N) is 1.